The lowest BCUT2D eigenvalue weighted by Gasteiger charge is -2.35. The molecule has 2 rings (SSSR count). The van der Waals surface area contributed by atoms with E-state index in [1.54, 1.807) is 11.8 Å². The number of aryl methyl sites for hydroxylation is 1. The van der Waals surface area contributed by atoms with Gasteiger partial charge in [0.2, 0.25) is 0 Å². The number of carbonyl (C=O) groups excluding carboxylic acids is 1. The Morgan fingerprint density at radius 1 is 1.40 bits per heavy atom. The molecule has 1 aromatic heterocycles. The standard InChI is InChI=1S/C14H20ClN3O2/c1-8-6-10-11(16-9(2)17-12(10)15)7-18(8)13(19)20-14(3,4)5/h8H,6-7H2,1-5H3. The summed E-state index contributed by atoms with van der Waals surface area (Å²) >= 11 is 6.16. The highest BCUT2D eigenvalue weighted by molar-refractivity contribution is 6.30. The fraction of sp³-hybridized carbons (Fsp3) is 0.643. The van der Waals surface area contributed by atoms with E-state index in [1.165, 1.54) is 0 Å². The maximum absolute atomic E-state index is 12.2. The van der Waals surface area contributed by atoms with Crippen LogP contribution in [0.1, 0.15) is 44.8 Å². The van der Waals surface area contributed by atoms with Crippen molar-refractivity contribution in [3.63, 3.8) is 0 Å². The number of ether oxygens (including phenoxy) is 1. The van der Waals surface area contributed by atoms with E-state index < -0.39 is 5.60 Å². The van der Waals surface area contributed by atoms with Gasteiger partial charge in [0.25, 0.3) is 0 Å². The highest BCUT2D eigenvalue weighted by Gasteiger charge is 2.32. The summed E-state index contributed by atoms with van der Waals surface area (Å²) in [5.74, 6) is 0.618. The highest BCUT2D eigenvalue weighted by Crippen LogP contribution is 2.28. The number of amides is 1. The second kappa shape index (κ2) is 5.20. The average Bonchev–Trinajstić information content (AvgIpc) is 2.27. The average molecular weight is 298 g/mol. The molecule has 0 saturated carbocycles. The molecule has 0 aliphatic carbocycles. The van der Waals surface area contributed by atoms with E-state index >= 15 is 0 Å². The maximum Gasteiger partial charge on any atom is 0.410 e. The van der Waals surface area contributed by atoms with Gasteiger partial charge in [-0.3, -0.25) is 4.90 Å². The lowest BCUT2D eigenvalue weighted by atomic mass is 10.0. The SMILES string of the molecule is Cc1nc(Cl)c2c(n1)CN(C(=O)OC(C)(C)C)C(C)C2. The van der Waals surface area contributed by atoms with Crippen LogP contribution < -0.4 is 0 Å². The van der Waals surface area contributed by atoms with Crippen molar-refractivity contribution in [3.05, 3.63) is 22.2 Å². The summed E-state index contributed by atoms with van der Waals surface area (Å²) in [5, 5.41) is 0.489. The van der Waals surface area contributed by atoms with Crippen molar-refractivity contribution in [1.82, 2.24) is 14.9 Å². The van der Waals surface area contributed by atoms with E-state index in [4.69, 9.17) is 16.3 Å². The van der Waals surface area contributed by atoms with Gasteiger partial charge >= 0.3 is 6.09 Å². The zero-order valence-electron chi connectivity index (χ0n) is 12.5. The Morgan fingerprint density at radius 2 is 2.05 bits per heavy atom. The molecule has 6 heteroatoms. The lowest BCUT2D eigenvalue weighted by molar-refractivity contribution is 0.0134. The van der Waals surface area contributed by atoms with Crippen LogP contribution in [-0.2, 0) is 17.7 Å². The van der Waals surface area contributed by atoms with E-state index in [2.05, 4.69) is 9.97 Å². The largest absolute Gasteiger partial charge is 0.444 e. The van der Waals surface area contributed by atoms with E-state index in [0.29, 0.717) is 23.9 Å². The first-order valence-electron chi connectivity index (χ1n) is 6.69. The molecule has 0 radical (unpaired) electrons. The molecule has 20 heavy (non-hydrogen) atoms. The van der Waals surface area contributed by atoms with Crippen LogP contribution in [0.2, 0.25) is 5.15 Å². The molecule has 0 spiro atoms. The number of halogens is 1. The smallest absolute Gasteiger partial charge is 0.410 e. The highest BCUT2D eigenvalue weighted by atomic mass is 35.5. The fourth-order valence-electron chi connectivity index (χ4n) is 2.24. The van der Waals surface area contributed by atoms with Crippen molar-refractivity contribution < 1.29 is 9.53 Å². The van der Waals surface area contributed by atoms with Gasteiger partial charge in [-0.1, -0.05) is 11.6 Å². The van der Waals surface area contributed by atoms with Crippen LogP contribution >= 0.6 is 11.6 Å². The van der Waals surface area contributed by atoms with Gasteiger partial charge in [0, 0.05) is 11.6 Å². The molecule has 1 unspecified atom stereocenters. The van der Waals surface area contributed by atoms with Gasteiger partial charge in [0.15, 0.2) is 0 Å². The van der Waals surface area contributed by atoms with E-state index in [1.807, 2.05) is 27.7 Å². The van der Waals surface area contributed by atoms with Crippen LogP contribution in [-0.4, -0.2) is 32.6 Å². The van der Waals surface area contributed by atoms with Gasteiger partial charge in [-0.05, 0) is 41.0 Å². The summed E-state index contributed by atoms with van der Waals surface area (Å²) in [4.78, 5) is 22.5. The van der Waals surface area contributed by atoms with Crippen LogP contribution in [0, 0.1) is 6.92 Å². The van der Waals surface area contributed by atoms with Crippen molar-refractivity contribution in [2.45, 2.75) is 59.2 Å². The Morgan fingerprint density at radius 3 is 2.65 bits per heavy atom. The molecule has 0 N–H and O–H groups in total. The first-order chi connectivity index (χ1) is 9.17. The van der Waals surface area contributed by atoms with Crippen LogP contribution in [0.25, 0.3) is 0 Å². The van der Waals surface area contributed by atoms with E-state index in [0.717, 1.165) is 11.3 Å². The first kappa shape index (κ1) is 15.0. The molecule has 5 nitrogen and oxygen atoms in total. The molecular formula is C14H20ClN3O2. The topological polar surface area (TPSA) is 55.3 Å². The quantitative estimate of drug-likeness (QED) is 0.690. The minimum atomic E-state index is -0.504. The summed E-state index contributed by atoms with van der Waals surface area (Å²) in [5.41, 5.74) is 1.24. The molecule has 0 aromatic carbocycles. The Hall–Kier alpha value is -1.36. The van der Waals surface area contributed by atoms with E-state index in [-0.39, 0.29) is 12.1 Å². The van der Waals surface area contributed by atoms with Gasteiger partial charge < -0.3 is 4.74 Å². The van der Waals surface area contributed by atoms with Crippen LogP contribution in [0.15, 0.2) is 0 Å². The second-order valence-electron chi connectivity index (χ2n) is 6.15. The normalized spacial score (nSPS) is 18.7. The minimum Gasteiger partial charge on any atom is -0.444 e. The van der Waals surface area contributed by atoms with Crippen molar-refractivity contribution in [1.29, 1.82) is 0 Å². The fourth-order valence-corrected chi connectivity index (χ4v) is 2.55. The van der Waals surface area contributed by atoms with Crippen LogP contribution in [0.5, 0.6) is 0 Å². The first-order valence-corrected chi connectivity index (χ1v) is 7.06. The molecule has 1 aliphatic rings. The number of aromatic nitrogens is 2. The Bertz CT molecular complexity index is 540. The molecule has 1 atom stereocenters. The third-order valence-electron chi connectivity index (χ3n) is 3.13. The van der Waals surface area contributed by atoms with Gasteiger partial charge in [-0.15, -0.1) is 0 Å². The molecule has 0 saturated heterocycles. The molecule has 1 aromatic rings. The molecule has 1 aliphatic heterocycles. The monoisotopic (exact) mass is 297 g/mol. The van der Waals surface area contributed by atoms with Crippen molar-refractivity contribution in [3.8, 4) is 0 Å². The predicted octanol–water partition coefficient (Wildman–Crippen LogP) is 3.12. The number of hydrogen-bond acceptors (Lipinski definition) is 4. The molecule has 2 heterocycles. The number of fused-ring (bicyclic) bond motifs is 1. The molecule has 110 valence electrons. The number of rotatable bonds is 0. The third-order valence-corrected chi connectivity index (χ3v) is 3.45. The van der Waals surface area contributed by atoms with Crippen molar-refractivity contribution >= 4 is 17.7 Å². The van der Waals surface area contributed by atoms with Crippen molar-refractivity contribution in [2.24, 2.45) is 0 Å². The van der Waals surface area contributed by atoms with Gasteiger partial charge in [-0.2, -0.15) is 0 Å². The van der Waals surface area contributed by atoms with E-state index in [9.17, 15) is 4.79 Å². The number of hydrogen-bond donors (Lipinski definition) is 0. The molecular weight excluding hydrogens is 278 g/mol. The third kappa shape index (κ3) is 3.20. The molecule has 1 amide bonds. The molecule has 0 fully saturated rings. The number of nitrogens with zero attached hydrogens (tertiary/aromatic N) is 3. The second-order valence-corrected chi connectivity index (χ2v) is 6.51. The van der Waals surface area contributed by atoms with Gasteiger partial charge in [-0.25, -0.2) is 14.8 Å². The summed E-state index contributed by atoms with van der Waals surface area (Å²) in [6.07, 6.45) is 0.330. The van der Waals surface area contributed by atoms with Crippen LogP contribution in [0.3, 0.4) is 0 Å². The molecule has 0 bridgehead atoms. The Labute approximate surface area is 124 Å². The van der Waals surface area contributed by atoms with Crippen LogP contribution in [0.4, 0.5) is 4.79 Å². The Balaban J connectivity index is 2.25. The minimum absolute atomic E-state index is 0.0150. The summed E-state index contributed by atoms with van der Waals surface area (Å²) in [6, 6.07) is 0.0150. The summed E-state index contributed by atoms with van der Waals surface area (Å²) < 4.78 is 5.43. The Kier molecular flexibility index (Phi) is 3.91. The zero-order valence-corrected chi connectivity index (χ0v) is 13.3. The number of carbonyl (C=O) groups is 1. The summed E-state index contributed by atoms with van der Waals surface area (Å²) in [7, 11) is 0. The summed E-state index contributed by atoms with van der Waals surface area (Å²) in [6.45, 7) is 9.75. The predicted molar refractivity (Wildman–Crippen MR) is 76.7 cm³/mol. The van der Waals surface area contributed by atoms with Gasteiger partial charge in [0.1, 0.15) is 16.6 Å². The maximum atomic E-state index is 12.2. The zero-order chi connectivity index (χ0) is 15.1. The lowest BCUT2D eigenvalue weighted by Crippen LogP contribution is -2.45. The van der Waals surface area contributed by atoms with Crippen molar-refractivity contribution in [2.75, 3.05) is 0 Å². The van der Waals surface area contributed by atoms with Gasteiger partial charge in [0.05, 0.1) is 12.2 Å².